The Morgan fingerprint density at radius 1 is 1.08 bits per heavy atom. The van der Waals surface area contributed by atoms with Crippen LogP contribution in [0.5, 0.6) is 0 Å². The third-order valence-corrected chi connectivity index (χ3v) is 0. The zero-order valence-corrected chi connectivity index (χ0v) is 17.1. The van der Waals surface area contributed by atoms with Gasteiger partial charge in [0.05, 0.1) is 12.9 Å². The fourth-order valence-electron chi connectivity index (χ4n) is 0. The van der Waals surface area contributed by atoms with Gasteiger partial charge >= 0.3 is 154 Å². The molecule has 0 saturated heterocycles. The SMILES string of the molecule is O=P([O-])([O-])O.O=[N+]([O-])[O-].[K+].[K+].[K+]. The van der Waals surface area contributed by atoms with E-state index in [-0.39, 0.29) is 154 Å². The van der Waals surface area contributed by atoms with Crippen molar-refractivity contribution in [1.82, 2.24) is 0 Å². The molecule has 0 aliphatic rings. The smallest absolute Gasteiger partial charge is 0.790 e. The van der Waals surface area contributed by atoms with Crippen molar-refractivity contribution >= 4 is 7.82 Å². The summed E-state index contributed by atoms with van der Waals surface area (Å²) < 4.78 is 8.66. The third-order valence-electron chi connectivity index (χ3n) is 0. The van der Waals surface area contributed by atoms with E-state index in [2.05, 4.69) is 0 Å². The molecule has 0 saturated carbocycles. The molecule has 56 valence electrons. The van der Waals surface area contributed by atoms with Gasteiger partial charge < -0.3 is 34.6 Å². The van der Waals surface area contributed by atoms with Gasteiger partial charge in [-0.3, -0.25) is 0 Å². The van der Waals surface area contributed by atoms with E-state index in [1.165, 1.54) is 0 Å². The summed E-state index contributed by atoms with van der Waals surface area (Å²) in [5.41, 5.74) is 0. The van der Waals surface area contributed by atoms with Crippen LogP contribution in [-0.2, 0) is 4.57 Å². The molecule has 12 heavy (non-hydrogen) atoms. The van der Waals surface area contributed by atoms with Crippen LogP contribution in [0.2, 0.25) is 0 Å². The summed E-state index contributed by atoms with van der Waals surface area (Å²) in [7, 11) is -5.14. The maximum atomic E-state index is 8.66. The summed E-state index contributed by atoms with van der Waals surface area (Å²) >= 11 is 0. The van der Waals surface area contributed by atoms with Gasteiger partial charge in [-0.1, -0.05) is 0 Å². The molecule has 0 aliphatic carbocycles. The van der Waals surface area contributed by atoms with Crippen molar-refractivity contribution < 1.29 is 178 Å². The van der Waals surface area contributed by atoms with E-state index in [0.29, 0.717) is 0 Å². The van der Waals surface area contributed by atoms with E-state index in [1.807, 2.05) is 0 Å². The van der Waals surface area contributed by atoms with Crippen molar-refractivity contribution in [1.29, 1.82) is 0 Å². The zero-order chi connectivity index (χ0) is 8.08. The summed E-state index contributed by atoms with van der Waals surface area (Å²) in [5.74, 6) is 0. The summed E-state index contributed by atoms with van der Waals surface area (Å²) in [6, 6.07) is 0. The molecule has 0 heterocycles. The summed E-state index contributed by atoms with van der Waals surface area (Å²) in [6.07, 6.45) is 0. The quantitative estimate of drug-likeness (QED) is 0.199. The van der Waals surface area contributed by atoms with E-state index in [9.17, 15) is 0 Å². The standard InChI is InChI=1S/3K.NO3.H3O4P/c;;;2-1(3)4;1-5(2,3)4/h;;;;(H3,1,2,3,4)/q3*+1;-1;/p-2. The zero-order valence-electron chi connectivity index (χ0n) is 6.79. The molecule has 0 aromatic carbocycles. The summed E-state index contributed by atoms with van der Waals surface area (Å²) in [4.78, 5) is 32.5. The normalized spacial score (nSPS) is 6.92. The minimum Gasteiger partial charge on any atom is -0.790 e. The van der Waals surface area contributed by atoms with E-state index in [1.54, 1.807) is 0 Å². The number of hydrogen-bond acceptors (Lipinski definition) is 6. The molecule has 0 aliphatic heterocycles. The fraction of sp³-hybridized carbons (Fsp3) is 0. The first-order valence-electron chi connectivity index (χ1n) is 1.30. The molecule has 0 spiro atoms. The Kier molecular flexibility index (Phi) is 43.8. The van der Waals surface area contributed by atoms with Crippen LogP contribution in [0.4, 0.5) is 0 Å². The average molecular weight is 275 g/mol. The monoisotopic (exact) mass is 275 g/mol. The van der Waals surface area contributed by atoms with Crippen LogP contribution < -0.4 is 164 Å². The summed E-state index contributed by atoms with van der Waals surface area (Å²) in [5, 5.41) is 14.8. The predicted molar refractivity (Wildman–Crippen MR) is 20.2 cm³/mol. The molecule has 0 unspecified atom stereocenters. The van der Waals surface area contributed by atoms with Gasteiger partial charge in [-0.15, -0.1) is 0 Å². The number of phosphoric acid groups is 1. The van der Waals surface area contributed by atoms with Crippen molar-refractivity contribution in [3.8, 4) is 0 Å². The van der Waals surface area contributed by atoms with E-state index < -0.39 is 12.9 Å². The average Bonchev–Trinajstić information content (AvgIpc) is 1.19. The Morgan fingerprint density at radius 3 is 1.08 bits per heavy atom. The number of nitrogens with zero attached hydrogens (tertiary/aromatic N) is 1. The van der Waals surface area contributed by atoms with Gasteiger partial charge in [0.25, 0.3) is 0 Å². The first-order valence-corrected chi connectivity index (χ1v) is 2.79. The van der Waals surface area contributed by atoms with Crippen molar-refractivity contribution in [2.24, 2.45) is 0 Å². The van der Waals surface area contributed by atoms with Crippen LogP contribution in [0.1, 0.15) is 0 Å². The Hall–Kier alpha value is 4.22. The molecule has 0 bridgehead atoms. The maximum Gasteiger partial charge on any atom is 1.00 e. The van der Waals surface area contributed by atoms with Crippen molar-refractivity contribution in [3.63, 3.8) is 0 Å². The molecule has 0 aromatic heterocycles. The molecule has 0 aromatic rings. The van der Waals surface area contributed by atoms with Crippen molar-refractivity contribution in [3.05, 3.63) is 15.3 Å². The molecule has 0 atom stereocenters. The Labute approximate surface area is 195 Å². The topological polar surface area (TPSA) is 150 Å². The molecule has 8 nitrogen and oxygen atoms in total. The molecular formula is HK3NO7P. The predicted octanol–water partition coefficient (Wildman–Crippen LogP) is -11.4. The number of rotatable bonds is 0. The van der Waals surface area contributed by atoms with Gasteiger partial charge in [-0.2, -0.15) is 0 Å². The molecular weight excluding hydrogens is 274 g/mol. The van der Waals surface area contributed by atoms with Crippen molar-refractivity contribution in [2.45, 2.75) is 0 Å². The molecule has 0 fully saturated rings. The van der Waals surface area contributed by atoms with E-state index in [4.69, 9.17) is 34.6 Å². The number of hydrogen-bond donors (Lipinski definition) is 1. The second-order valence-corrected chi connectivity index (χ2v) is 1.63. The first kappa shape index (κ1) is 29.8. The molecule has 0 rings (SSSR count). The van der Waals surface area contributed by atoms with Crippen LogP contribution in [-0.4, -0.2) is 9.98 Å². The van der Waals surface area contributed by atoms with Crippen LogP contribution in [0, 0.1) is 15.3 Å². The largest absolute Gasteiger partial charge is 1.00 e. The van der Waals surface area contributed by atoms with Crippen molar-refractivity contribution in [2.75, 3.05) is 0 Å². The Morgan fingerprint density at radius 2 is 1.08 bits per heavy atom. The van der Waals surface area contributed by atoms with Gasteiger partial charge in [0.2, 0.25) is 0 Å². The fourth-order valence-corrected chi connectivity index (χ4v) is 0. The van der Waals surface area contributed by atoms with Crippen LogP contribution in [0.3, 0.4) is 0 Å². The van der Waals surface area contributed by atoms with Crippen LogP contribution in [0.25, 0.3) is 0 Å². The maximum absolute atomic E-state index is 8.66. The van der Waals surface area contributed by atoms with Gasteiger partial charge in [0.1, 0.15) is 0 Å². The second-order valence-electron chi connectivity index (χ2n) is 0.692. The molecule has 1 N–H and O–H groups in total. The minimum absolute atomic E-state index is 0. The minimum atomic E-state index is -5.14. The van der Waals surface area contributed by atoms with Gasteiger partial charge in [0.15, 0.2) is 0 Å². The molecule has 0 radical (unpaired) electrons. The van der Waals surface area contributed by atoms with Gasteiger partial charge in [0, 0.05) is 0 Å². The van der Waals surface area contributed by atoms with E-state index in [0.717, 1.165) is 0 Å². The summed E-state index contributed by atoms with van der Waals surface area (Å²) in [6.45, 7) is 0. The Bertz CT molecular complexity index is 118. The second kappa shape index (κ2) is 17.6. The van der Waals surface area contributed by atoms with Crippen LogP contribution in [0.15, 0.2) is 0 Å². The van der Waals surface area contributed by atoms with Crippen LogP contribution >= 0.6 is 7.82 Å². The third kappa shape index (κ3) is 140. The van der Waals surface area contributed by atoms with Gasteiger partial charge in [-0.25, -0.2) is 0 Å². The first-order chi connectivity index (χ1) is 3.73. The Balaban J connectivity index is -0.0000000221. The van der Waals surface area contributed by atoms with E-state index >= 15 is 0 Å². The molecule has 0 amide bonds. The van der Waals surface area contributed by atoms with Gasteiger partial charge in [-0.05, 0) is 0 Å². The molecule has 12 heteroatoms.